The Morgan fingerprint density at radius 1 is 0.880 bits per heavy atom. The van der Waals surface area contributed by atoms with Gasteiger partial charge in [-0.3, -0.25) is 9.59 Å². The fraction of sp³-hybridized carbons (Fsp3) is 0.167. The van der Waals surface area contributed by atoms with Crippen LogP contribution in [0, 0.1) is 0 Å². The lowest BCUT2D eigenvalue weighted by molar-refractivity contribution is -0.116. The summed E-state index contributed by atoms with van der Waals surface area (Å²) in [6, 6.07) is 15.5. The number of nitrogens with one attached hydrogen (secondary N) is 3. The molecule has 4 amide bonds. The lowest BCUT2D eigenvalue weighted by Crippen LogP contribution is -2.36. The van der Waals surface area contributed by atoms with E-state index >= 15 is 0 Å². The van der Waals surface area contributed by atoms with E-state index in [0.717, 1.165) is 5.56 Å². The maximum atomic E-state index is 11.8. The van der Waals surface area contributed by atoms with Gasteiger partial charge in [0.15, 0.2) is 0 Å². The Morgan fingerprint density at radius 3 is 2.20 bits per heavy atom. The fourth-order valence-corrected chi connectivity index (χ4v) is 2.07. The summed E-state index contributed by atoms with van der Waals surface area (Å²) in [4.78, 5) is 34.4. The molecule has 0 atom stereocenters. The molecule has 2 rings (SSSR count). The summed E-state index contributed by atoms with van der Waals surface area (Å²) in [6.45, 7) is 0.636. The highest BCUT2D eigenvalue weighted by Crippen LogP contribution is 2.09. The number of primary amides is 1. The summed E-state index contributed by atoms with van der Waals surface area (Å²) in [5.74, 6) is -0.765. The van der Waals surface area contributed by atoms with Crippen molar-refractivity contribution in [1.29, 1.82) is 0 Å². The molecular weight excluding hydrogens is 320 g/mol. The Kier molecular flexibility index (Phi) is 6.53. The van der Waals surface area contributed by atoms with Crippen LogP contribution in [0.25, 0.3) is 0 Å². The molecule has 0 bridgehead atoms. The van der Waals surface area contributed by atoms with Crippen molar-refractivity contribution >= 4 is 23.5 Å². The minimum Gasteiger partial charge on any atom is -0.366 e. The van der Waals surface area contributed by atoms with E-state index in [1.165, 1.54) is 12.1 Å². The first-order valence-electron chi connectivity index (χ1n) is 7.80. The van der Waals surface area contributed by atoms with E-state index in [0.29, 0.717) is 17.8 Å². The summed E-state index contributed by atoms with van der Waals surface area (Å²) in [5, 5.41) is 8.01. The summed E-state index contributed by atoms with van der Waals surface area (Å²) in [5.41, 5.74) is 7.07. The molecule has 2 aromatic carbocycles. The van der Waals surface area contributed by atoms with Gasteiger partial charge >= 0.3 is 6.03 Å². The first-order valence-corrected chi connectivity index (χ1v) is 7.80. The molecule has 7 nitrogen and oxygen atoms in total. The zero-order valence-corrected chi connectivity index (χ0v) is 13.6. The van der Waals surface area contributed by atoms with Gasteiger partial charge in [-0.15, -0.1) is 0 Å². The standard InChI is InChI=1S/C18H20N4O3/c19-17(24)14-6-8-15(9-7-14)22-16(23)10-11-20-18(25)21-12-13-4-2-1-3-5-13/h1-9H,10-12H2,(H2,19,24)(H,22,23)(H2,20,21,25). The maximum Gasteiger partial charge on any atom is 0.315 e. The quantitative estimate of drug-likeness (QED) is 0.614. The van der Waals surface area contributed by atoms with Crippen molar-refractivity contribution in [2.75, 3.05) is 11.9 Å². The number of hydrogen-bond donors (Lipinski definition) is 4. The minimum atomic E-state index is -0.524. The average molecular weight is 340 g/mol. The smallest absolute Gasteiger partial charge is 0.315 e. The van der Waals surface area contributed by atoms with Crippen LogP contribution in [0.3, 0.4) is 0 Å². The molecule has 0 saturated carbocycles. The van der Waals surface area contributed by atoms with Crippen LogP contribution in [0.4, 0.5) is 10.5 Å². The monoisotopic (exact) mass is 340 g/mol. The molecule has 5 N–H and O–H groups in total. The van der Waals surface area contributed by atoms with Crippen LogP contribution in [-0.4, -0.2) is 24.4 Å². The number of carbonyl (C=O) groups is 3. The topological polar surface area (TPSA) is 113 Å². The third-order valence-electron chi connectivity index (χ3n) is 3.39. The van der Waals surface area contributed by atoms with E-state index < -0.39 is 5.91 Å². The van der Waals surface area contributed by atoms with E-state index in [-0.39, 0.29) is 24.9 Å². The van der Waals surface area contributed by atoms with Gasteiger partial charge in [0.25, 0.3) is 0 Å². The Hall–Kier alpha value is -3.35. The van der Waals surface area contributed by atoms with Crippen LogP contribution in [0.2, 0.25) is 0 Å². The lowest BCUT2D eigenvalue weighted by atomic mass is 10.2. The van der Waals surface area contributed by atoms with Crippen LogP contribution in [0.5, 0.6) is 0 Å². The Balaban J connectivity index is 1.66. The SMILES string of the molecule is NC(=O)c1ccc(NC(=O)CCNC(=O)NCc2ccccc2)cc1. The van der Waals surface area contributed by atoms with Crippen molar-refractivity contribution < 1.29 is 14.4 Å². The predicted molar refractivity (Wildman–Crippen MR) is 94.9 cm³/mol. The van der Waals surface area contributed by atoms with E-state index in [1.54, 1.807) is 12.1 Å². The number of hydrogen-bond acceptors (Lipinski definition) is 3. The summed E-state index contributed by atoms with van der Waals surface area (Å²) in [7, 11) is 0. The van der Waals surface area contributed by atoms with Crippen LogP contribution in [-0.2, 0) is 11.3 Å². The van der Waals surface area contributed by atoms with Gasteiger partial charge in [-0.25, -0.2) is 4.79 Å². The highest BCUT2D eigenvalue weighted by atomic mass is 16.2. The molecule has 0 spiro atoms. The predicted octanol–water partition coefficient (Wildman–Crippen LogP) is 1.61. The summed E-state index contributed by atoms with van der Waals surface area (Å²) >= 11 is 0. The molecule has 130 valence electrons. The van der Waals surface area contributed by atoms with Crippen molar-refractivity contribution in [2.24, 2.45) is 5.73 Å². The molecule has 0 fully saturated rings. The molecule has 0 aliphatic rings. The number of carbonyl (C=O) groups excluding carboxylic acids is 3. The summed E-state index contributed by atoms with van der Waals surface area (Å²) in [6.07, 6.45) is 0.135. The van der Waals surface area contributed by atoms with Gasteiger partial charge in [0.2, 0.25) is 11.8 Å². The van der Waals surface area contributed by atoms with Crippen LogP contribution >= 0.6 is 0 Å². The molecule has 0 saturated heterocycles. The molecule has 25 heavy (non-hydrogen) atoms. The largest absolute Gasteiger partial charge is 0.366 e. The molecule has 0 unspecified atom stereocenters. The van der Waals surface area contributed by atoms with Crippen molar-refractivity contribution in [3.63, 3.8) is 0 Å². The third kappa shape index (κ3) is 6.34. The van der Waals surface area contributed by atoms with Crippen LogP contribution in [0.15, 0.2) is 54.6 Å². The summed E-state index contributed by atoms with van der Waals surface area (Å²) < 4.78 is 0. The van der Waals surface area contributed by atoms with Gasteiger partial charge in [-0.2, -0.15) is 0 Å². The van der Waals surface area contributed by atoms with Gasteiger partial charge < -0.3 is 21.7 Å². The highest BCUT2D eigenvalue weighted by Gasteiger charge is 2.05. The number of benzene rings is 2. The first kappa shape index (κ1) is 18.0. The maximum absolute atomic E-state index is 11.8. The van der Waals surface area contributed by atoms with Gasteiger partial charge in [-0.1, -0.05) is 30.3 Å². The van der Waals surface area contributed by atoms with Gasteiger partial charge in [0, 0.05) is 30.8 Å². The number of anilines is 1. The second-order valence-corrected chi connectivity index (χ2v) is 5.33. The molecule has 0 aliphatic carbocycles. The molecule has 0 aliphatic heterocycles. The zero-order valence-electron chi connectivity index (χ0n) is 13.6. The molecular formula is C18H20N4O3. The first-order chi connectivity index (χ1) is 12.0. The number of nitrogens with two attached hydrogens (primary N) is 1. The second-order valence-electron chi connectivity index (χ2n) is 5.33. The normalized spacial score (nSPS) is 9.92. The van der Waals surface area contributed by atoms with Crippen molar-refractivity contribution in [3.05, 3.63) is 65.7 Å². The minimum absolute atomic E-state index is 0.135. The van der Waals surface area contributed by atoms with Gasteiger partial charge in [-0.05, 0) is 29.8 Å². The Labute approximate surface area is 145 Å². The Bertz CT molecular complexity index is 730. The van der Waals surface area contributed by atoms with E-state index in [2.05, 4.69) is 16.0 Å². The molecule has 7 heteroatoms. The van der Waals surface area contributed by atoms with Gasteiger partial charge in [0.05, 0.1) is 0 Å². The lowest BCUT2D eigenvalue weighted by Gasteiger charge is -2.08. The van der Waals surface area contributed by atoms with Crippen LogP contribution < -0.4 is 21.7 Å². The van der Waals surface area contributed by atoms with Crippen molar-refractivity contribution in [2.45, 2.75) is 13.0 Å². The van der Waals surface area contributed by atoms with Crippen molar-refractivity contribution in [3.8, 4) is 0 Å². The molecule has 0 radical (unpaired) electrons. The van der Waals surface area contributed by atoms with E-state index in [1.807, 2.05) is 30.3 Å². The van der Waals surface area contributed by atoms with E-state index in [4.69, 9.17) is 5.73 Å². The fourth-order valence-electron chi connectivity index (χ4n) is 2.07. The number of rotatable bonds is 7. The second kappa shape index (κ2) is 9.07. The van der Waals surface area contributed by atoms with Gasteiger partial charge in [0.1, 0.15) is 0 Å². The van der Waals surface area contributed by atoms with E-state index in [9.17, 15) is 14.4 Å². The van der Waals surface area contributed by atoms with Crippen LogP contribution in [0.1, 0.15) is 22.3 Å². The molecule has 0 aromatic heterocycles. The molecule has 2 aromatic rings. The number of amides is 4. The zero-order chi connectivity index (χ0) is 18.1. The molecule has 0 heterocycles. The Morgan fingerprint density at radius 2 is 1.56 bits per heavy atom. The van der Waals surface area contributed by atoms with Crippen molar-refractivity contribution in [1.82, 2.24) is 10.6 Å². The highest BCUT2D eigenvalue weighted by molar-refractivity contribution is 5.94. The number of urea groups is 1. The third-order valence-corrected chi connectivity index (χ3v) is 3.39. The average Bonchev–Trinajstić information content (AvgIpc) is 2.61.